The Balaban J connectivity index is 1.46. The van der Waals surface area contributed by atoms with Gasteiger partial charge in [0.05, 0.1) is 16.4 Å². The van der Waals surface area contributed by atoms with Crippen molar-refractivity contribution in [3.63, 3.8) is 0 Å². The van der Waals surface area contributed by atoms with Crippen LogP contribution in [0.5, 0.6) is 0 Å². The maximum absolute atomic E-state index is 12.4. The van der Waals surface area contributed by atoms with Crippen molar-refractivity contribution in [2.75, 3.05) is 43.1 Å². The molecular formula is C16H19N5O4S2. The monoisotopic (exact) mass is 409 g/mol. The molecule has 2 heterocycles. The molecule has 0 saturated carbocycles. The van der Waals surface area contributed by atoms with Crippen LogP contribution in [0.2, 0.25) is 0 Å². The minimum absolute atomic E-state index is 0.0352. The number of carbonyl (C=O) groups excluding carboxylic acids is 1. The van der Waals surface area contributed by atoms with E-state index in [1.54, 1.807) is 23.9 Å². The molecule has 1 fully saturated rings. The van der Waals surface area contributed by atoms with Crippen LogP contribution >= 0.6 is 23.5 Å². The van der Waals surface area contributed by atoms with Gasteiger partial charge in [-0.15, -0.1) is 10.2 Å². The summed E-state index contributed by atoms with van der Waals surface area (Å²) in [5.74, 6) is 1.52. The van der Waals surface area contributed by atoms with Gasteiger partial charge in [0.25, 0.3) is 10.9 Å². The number of non-ortho nitro benzene ring substituents is 1. The fourth-order valence-corrected chi connectivity index (χ4v) is 3.74. The van der Waals surface area contributed by atoms with E-state index in [1.807, 2.05) is 11.2 Å². The summed E-state index contributed by atoms with van der Waals surface area (Å²) in [7, 11) is 0. The van der Waals surface area contributed by atoms with Gasteiger partial charge in [0, 0.05) is 44.0 Å². The number of rotatable bonds is 7. The van der Waals surface area contributed by atoms with E-state index in [2.05, 4.69) is 15.1 Å². The number of anilines is 1. The lowest BCUT2D eigenvalue weighted by Gasteiger charge is -2.36. The molecule has 0 radical (unpaired) electrons. The van der Waals surface area contributed by atoms with Crippen LogP contribution in [0.3, 0.4) is 0 Å². The second-order valence-electron chi connectivity index (χ2n) is 5.82. The van der Waals surface area contributed by atoms with E-state index in [1.165, 1.54) is 23.9 Å². The number of hydrogen-bond acceptors (Lipinski definition) is 9. The van der Waals surface area contributed by atoms with Crippen molar-refractivity contribution >= 4 is 40.8 Å². The highest BCUT2D eigenvalue weighted by Crippen LogP contribution is 2.22. The molecule has 1 amide bonds. The Morgan fingerprint density at radius 3 is 2.56 bits per heavy atom. The van der Waals surface area contributed by atoms with E-state index in [0.717, 1.165) is 5.69 Å². The van der Waals surface area contributed by atoms with E-state index in [4.69, 9.17) is 4.42 Å². The van der Waals surface area contributed by atoms with Crippen molar-refractivity contribution < 1.29 is 14.1 Å². The molecule has 0 aliphatic carbocycles. The molecule has 27 heavy (non-hydrogen) atoms. The van der Waals surface area contributed by atoms with E-state index >= 15 is 0 Å². The summed E-state index contributed by atoms with van der Waals surface area (Å²) in [6, 6.07) is 6.48. The molecule has 0 spiro atoms. The fourth-order valence-electron chi connectivity index (χ4n) is 2.69. The summed E-state index contributed by atoms with van der Waals surface area (Å²) in [6.07, 6.45) is 1.96. The summed E-state index contributed by atoms with van der Waals surface area (Å²) < 4.78 is 5.46. The predicted octanol–water partition coefficient (Wildman–Crippen LogP) is 2.28. The smallest absolute Gasteiger partial charge is 0.277 e. The normalized spacial score (nSPS) is 14.4. The first-order valence-corrected chi connectivity index (χ1v) is 10.7. The number of benzene rings is 1. The van der Waals surface area contributed by atoms with Crippen molar-refractivity contribution in [1.82, 2.24) is 15.1 Å². The molecule has 1 aliphatic heterocycles. The van der Waals surface area contributed by atoms with Gasteiger partial charge in [-0.1, -0.05) is 11.8 Å². The van der Waals surface area contributed by atoms with Crippen molar-refractivity contribution in [1.29, 1.82) is 0 Å². The van der Waals surface area contributed by atoms with E-state index in [0.29, 0.717) is 43.0 Å². The van der Waals surface area contributed by atoms with Crippen LogP contribution in [-0.4, -0.2) is 64.1 Å². The number of carbonyl (C=O) groups is 1. The lowest BCUT2D eigenvalue weighted by molar-refractivity contribution is -0.384. The maximum Gasteiger partial charge on any atom is 0.277 e. The second kappa shape index (κ2) is 9.09. The predicted molar refractivity (Wildman–Crippen MR) is 104 cm³/mol. The van der Waals surface area contributed by atoms with Crippen molar-refractivity contribution in [2.45, 2.75) is 11.0 Å². The first kappa shape index (κ1) is 19.5. The molecule has 0 atom stereocenters. The number of thioether (sulfide) groups is 2. The lowest BCUT2D eigenvalue weighted by Crippen LogP contribution is -2.49. The molecule has 2 aromatic rings. The Hall–Kier alpha value is -2.27. The van der Waals surface area contributed by atoms with Crippen LogP contribution in [-0.2, 0) is 10.5 Å². The Labute approximate surface area is 164 Å². The van der Waals surface area contributed by atoms with Gasteiger partial charge in [0.15, 0.2) is 0 Å². The Morgan fingerprint density at radius 1 is 1.22 bits per heavy atom. The van der Waals surface area contributed by atoms with Crippen LogP contribution in [0.1, 0.15) is 5.89 Å². The van der Waals surface area contributed by atoms with Crippen molar-refractivity contribution in [3.05, 3.63) is 40.3 Å². The summed E-state index contributed by atoms with van der Waals surface area (Å²) in [5, 5.41) is 19.0. The SMILES string of the molecule is CSCc1nnc(SCC(=O)N2CCN(c3ccc([N+](=O)[O-])cc3)CC2)o1. The first-order valence-electron chi connectivity index (χ1n) is 8.28. The average Bonchev–Trinajstić information content (AvgIpc) is 3.14. The third-order valence-electron chi connectivity index (χ3n) is 4.09. The van der Waals surface area contributed by atoms with E-state index in [-0.39, 0.29) is 17.3 Å². The fraction of sp³-hybridized carbons (Fsp3) is 0.438. The topological polar surface area (TPSA) is 106 Å². The zero-order valence-electron chi connectivity index (χ0n) is 14.7. The molecule has 0 N–H and O–H groups in total. The Bertz CT molecular complexity index is 790. The quantitative estimate of drug-likeness (QED) is 0.387. The molecule has 0 bridgehead atoms. The highest BCUT2D eigenvalue weighted by Gasteiger charge is 2.22. The third kappa shape index (κ3) is 5.13. The van der Waals surface area contributed by atoms with Gasteiger partial charge in [-0.2, -0.15) is 11.8 Å². The lowest BCUT2D eigenvalue weighted by atomic mass is 10.2. The van der Waals surface area contributed by atoms with Crippen LogP contribution < -0.4 is 4.90 Å². The highest BCUT2D eigenvalue weighted by molar-refractivity contribution is 7.99. The highest BCUT2D eigenvalue weighted by atomic mass is 32.2. The molecule has 3 rings (SSSR count). The molecule has 144 valence electrons. The van der Waals surface area contributed by atoms with Gasteiger partial charge >= 0.3 is 0 Å². The summed E-state index contributed by atoms with van der Waals surface area (Å²) in [4.78, 5) is 26.6. The first-order chi connectivity index (χ1) is 13.1. The number of aromatic nitrogens is 2. The van der Waals surface area contributed by atoms with Crippen molar-refractivity contribution in [3.8, 4) is 0 Å². The zero-order chi connectivity index (χ0) is 19.2. The number of piperazine rings is 1. The molecule has 1 aromatic carbocycles. The average molecular weight is 409 g/mol. The maximum atomic E-state index is 12.4. The van der Waals surface area contributed by atoms with E-state index < -0.39 is 4.92 Å². The molecule has 9 nitrogen and oxygen atoms in total. The Kier molecular flexibility index (Phi) is 6.56. The van der Waals surface area contributed by atoms with Gasteiger partial charge < -0.3 is 14.2 Å². The third-order valence-corrected chi connectivity index (χ3v) is 5.43. The van der Waals surface area contributed by atoms with Crippen LogP contribution in [0, 0.1) is 10.1 Å². The van der Waals surface area contributed by atoms with Crippen LogP contribution in [0.4, 0.5) is 11.4 Å². The van der Waals surface area contributed by atoms with Crippen LogP contribution in [0.25, 0.3) is 0 Å². The van der Waals surface area contributed by atoms with Crippen molar-refractivity contribution in [2.24, 2.45) is 0 Å². The number of nitrogens with zero attached hydrogens (tertiary/aromatic N) is 5. The summed E-state index contributed by atoms with van der Waals surface area (Å²) in [6.45, 7) is 2.59. The second-order valence-corrected chi connectivity index (χ2v) is 7.62. The number of nitro benzene ring substituents is 1. The number of nitro groups is 1. The largest absolute Gasteiger partial charge is 0.415 e. The summed E-state index contributed by atoms with van der Waals surface area (Å²) in [5.41, 5.74) is 1.00. The van der Waals surface area contributed by atoms with Gasteiger partial charge in [-0.05, 0) is 18.4 Å². The minimum Gasteiger partial charge on any atom is -0.415 e. The summed E-state index contributed by atoms with van der Waals surface area (Å²) >= 11 is 2.85. The zero-order valence-corrected chi connectivity index (χ0v) is 16.4. The molecule has 1 saturated heterocycles. The molecular weight excluding hydrogens is 390 g/mol. The molecule has 0 unspecified atom stereocenters. The molecule has 11 heteroatoms. The standard InChI is InChI=1S/C16H19N5O4S2/c1-26-10-14-17-18-16(25-14)27-11-15(22)20-8-6-19(7-9-20)12-2-4-13(5-3-12)21(23)24/h2-5H,6-11H2,1H3. The van der Waals surface area contributed by atoms with Gasteiger partial charge in [-0.25, -0.2) is 0 Å². The number of hydrogen-bond donors (Lipinski definition) is 0. The minimum atomic E-state index is -0.411. The number of amides is 1. The van der Waals surface area contributed by atoms with Gasteiger partial charge in [-0.3, -0.25) is 14.9 Å². The molecule has 1 aromatic heterocycles. The molecule has 1 aliphatic rings. The van der Waals surface area contributed by atoms with Gasteiger partial charge in [0.1, 0.15) is 0 Å². The van der Waals surface area contributed by atoms with Crippen LogP contribution in [0.15, 0.2) is 33.9 Å². The van der Waals surface area contributed by atoms with Gasteiger partial charge in [0.2, 0.25) is 11.8 Å². The Morgan fingerprint density at radius 2 is 1.93 bits per heavy atom. The van der Waals surface area contributed by atoms with E-state index in [9.17, 15) is 14.9 Å².